The third kappa shape index (κ3) is 5.09. The lowest BCUT2D eigenvalue weighted by atomic mass is 9.78. The van der Waals surface area contributed by atoms with Gasteiger partial charge in [0.1, 0.15) is 11.9 Å². The van der Waals surface area contributed by atoms with Gasteiger partial charge in [0, 0.05) is 12.1 Å². The molecule has 42 heavy (non-hydrogen) atoms. The van der Waals surface area contributed by atoms with Gasteiger partial charge in [0.15, 0.2) is 0 Å². The van der Waals surface area contributed by atoms with Crippen LogP contribution in [0.25, 0.3) is 22.0 Å². The number of likely N-dealkylation sites (tertiary alicyclic amines) is 1. The smallest absolute Gasteiger partial charge is 0.453 e. The molecule has 2 amide bonds. The maximum Gasteiger partial charge on any atom is 0.494 e. The number of benzene rings is 2. The van der Waals surface area contributed by atoms with Crippen LogP contribution in [0.15, 0.2) is 42.6 Å². The minimum atomic E-state index is -0.661. The number of hydrogen-bond acceptors (Lipinski definition) is 6. The highest BCUT2D eigenvalue weighted by Gasteiger charge is 2.55. The number of amides is 2. The summed E-state index contributed by atoms with van der Waals surface area (Å²) >= 11 is 0. The van der Waals surface area contributed by atoms with Gasteiger partial charge in [-0.1, -0.05) is 44.2 Å². The van der Waals surface area contributed by atoms with Crippen molar-refractivity contribution in [2.45, 2.75) is 84.1 Å². The first-order chi connectivity index (χ1) is 19.8. The van der Waals surface area contributed by atoms with Gasteiger partial charge in [-0.2, -0.15) is 0 Å². The molecule has 3 fully saturated rings. The van der Waals surface area contributed by atoms with Gasteiger partial charge in [0.05, 0.1) is 36.2 Å². The second-order valence-corrected chi connectivity index (χ2v) is 13.6. The number of carbonyl (C=O) groups is 2. The van der Waals surface area contributed by atoms with Crippen molar-refractivity contribution in [2.24, 2.45) is 11.3 Å². The molecule has 2 aliphatic heterocycles. The molecule has 222 valence electrons. The average Bonchev–Trinajstić information content (AvgIpc) is 3.26. The minimum Gasteiger partial charge on any atom is -0.453 e. The molecule has 6 rings (SSSR count). The first-order valence-corrected chi connectivity index (χ1v) is 14.9. The zero-order valence-electron chi connectivity index (χ0n) is 25.6. The molecule has 2 saturated heterocycles. The van der Waals surface area contributed by atoms with Crippen molar-refractivity contribution in [3.05, 3.63) is 48.4 Å². The standard InChI is InChI=1S/C32H41BN4O5/c1-19(2)26(36-29(39)40-7)28(38)37-18-32(12-13-32)16-25(37)27-34-17-24(35-27)22-9-8-21-15-23(11-10-20(21)14-22)33-41-30(3,4)31(5,6)42-33/h8-11,14-15,17,19,25-26H,12-13,16,18H2,1-7H3,(H,34,35)(H,36,39). The monoisotopic (exact) mass is 572 g/mol. The van der Waals surface area contributed by atoms with Gasteiger partial charge in [-0.3, -0.25) is 4.79 Å². The molecular weight excluding hydrogens is 531 g/mol. The van der Waals surface area contributed by atoms with Crippen molar-refractivity contribution in [1.82, 2.24) is 20.2 Å². The molecule has 2 N–H and O–H groups in total. The predicted octanol–water partition coefficient (Wildman–Crippen LogP) is 4.96. The summed E-state index contributed by atoms with van der Waals surface area (Å²) in [6.45, 7) is 12.8. The largest absolute Gasteiger partial charge is 0.494 e. The molecular formula is C32H41BN4O5. The average molecular weight is 573 g/mol. The molecule has 0 radical (unpaired) electrons. The molecule has 3 aliphatic rings. The molecule has 1 aliphatic carbocycles. The van der Waals surface area contributed by atoms with Crippen molar-refractivity contribution in [1.29, 1.82) is 0 Å². The fourth-order valence-corrected chi connectivity index (χ4v) is 6.16. The number of methoxy groups -OCH3 is 1. The second-order valence-electron chi connectivity index (χ2n) is 13.6. The van der Waals surface area contributed by atoms with Crippen LogP contribution in [0.1, 0.15) is 72.7 Å². The predicted molar refractivity (Wildman–Crippen MR) is 162 cm³/mol. The highest BCUT2D eigenvalue weighted by Crippen LogP contribution is 2.58. The number of aromatic nitrogens is 2. The van der Waals surface area contributed by atoms with Crippen LogP contribution in [0.4, 0.5) is 4.79 Å². The summed E-state index contributed by atoms with van der Waals surface area (Å²) in [5.74, 6) is 0.604. The minimum absolute atomic E-state index is 0.0805. The normalized spacial score (nSPS) is 22.6. The number of aromatic amines is 1. The Morgan fingerprint density at radius 2 is 1.74 bits per heavy atom. The maximum atomic E-state index is 13.8. The lowest BCUT2D eigenvalue weighted by molar-refractivity contribution is -0.135. The van der Waals surface area contributed by atoms with Crippen LogP contribution >= 0.6 is 0 Å². The SMILES string of the molecule is COC(=O)NC(C(=O)N1CC2(CC2)CC1c1ncc(-c2ccc3cc(B4OC(C)(C)C(C)(C)O4)ccc3c2)[nH]1)C(C)C. The van der Waals surface area contributed by atoms with Crippen molar-refractivity contribution >= 4 is 35.4 Å². The van der Waals surface area contributed by atoms with Gasteiger partial charge in [0.2, 0.25) is 5.91 Å². The Morgan fingerprint density at radius 1 is 1.07 bits per heavy atom. The Hall–Kier alpha value is -3.37. The van der Waals surface area contributed by atoms with Crippen molar-refractivity contribution in [3.63, 3.8) is 0 Å². The fourth-order valence-electron chi connectivity index (χ4n) is 6.16. The number of ether oxygens (including phenoxy) is 1. The highest BCUT2D eigenvalue weighted by atomic mass is 16.7. The Morgan fingerprint density at radius 3 is 2.38 bits per heavy atom. The number of H-pyrrole nitrogens is 1. The first-order valence-electron chi connectivity index (χ1n) is 14.9. The van der Waals surface area contributed by atoms with E-state index in [-0.39, 0.29) is 34.5 Å². The van der Waals surface area contributed by atoms with Gasteiger partial charge >= 0.3 is 13.2 Å². The van der Waals surface area contributed by atoms with E-state index in [0.29, 0.717) is 6.54 Å². The number of rotatable bonds is 6. The van der Waals surface area contributed by atoms with Crippen LogP contribution in [0, 0.1) is 11.3 Å². The molecule has 2 atom stereocenters. The molecule has 3 aromatic rings. The van der Waals surface area contributed by atoms with E-state index < -0.39 is 19.3 Å². The molecule has 10 heteroatoms. The number of fused-ring (bicyclic) bond motifs is 1. The quantitative estimate of drug-likeness (QED) is 0.405. The van der Waals surface area contributed by atoms with Crippen LogP contribution in [0.3, 0.4) is 0 Å². The summed E-state index contributed by atoms with van der Waals surface area (Å²) in [7, 11) is 0.907. The summed E-state index contributed by atoms with van der Waals surface area (Å²) in [5, 5.41) is 4.95. The van der Waals surface area contributed by atoms with Crippen molar-refractivity contribution in [3.8, 4) is 11.3 Å². The Balaban J connectivity index is 1.23. The van der Waals surface area contributed by atoms with E-state index in [1.807, 2.05) is 24.9 Å². The molecule has 9 nitrogen and oxygen atoms in total. The first kappa shape index (κ1) is 28.7. The molecule has 3 heterocycles. The zero-order valence-corrected chi connectivity index (χ0v) is 25.6. The Kier molecular flexibility index (Phi) is 6.93. The van der Waals surface area contributed by atoms with Gasteiger partial charge < -0.3 is 29.2 Å². The third-order valence-corrected chi connectivity index (χ3v) is 9.75. The van der Waals surface area contributed by atoms with Crippen LogP contribution < -0.4 is 10.8 Å². The van der Waals surface area contributed by atoms with Gasteiger partial charge in [-0.25, -0.2) is 9.78 Å². The van der Waals surface area contributed by atoms with Gasteiger partial charge in [-0.15, -0.1) is 0 Å². The number of alkyl carbamates (subject to hydrolysis) is 1. The number of hydrogen-bond donors (Lipinski definition) is 2. The number of imidazole rings is 1. The highest BCUT2D eigenvalue weighted by molar-refractivity contribution is 6.62. The number of carbonyl (C=O) groups excluding carboxylic acids is 2. The van der Waals surface area contributed by atoms with Crippen LogP contribution in [0.5, 0.6) is 0 Å². The van der Waals surface area contributed by atoms with Crippen molar-refractivity contribution in [2.75, 3.05) is 13.7 Å². The molecule has 1 saturated carbocycles. The maximum absolute atomic E-state index is 13.8. The van der Waals surface area contributed by atoms with Gasteiger partial charge in [0.25, 0.3) is 0 Å². The molecule has 0 bridgehead atoms. The van der Waals surface area contributed by atoms with E-state index in [2.05, 4.69) is 74.4 Å². The Labute approximate surface area is 247 Å². The number of nitrogens with zero attached hydrogens (tertiary/aromatic N) is 2. The summed E-state index contributed by atoms with van der Waals surface area (Å²) in [4.78, 5) is 35.9. The topological polar surface area (TPSA) is 106 Å². The van der Waals surface area contributed by atoms with E-state index in [1.165, 1.54) is 7.11 Å². The second kappa shape index (κ2) is 10.1. The van der Waals surface area contributed by atoms with E-state index >= 15 is 0 Å². The Bertz CT molecular complexity index is 1510. The lowest BCUT2D eigenvalue weighted by Crippen LogP contribution is -2.51. The summed E-state index contributed by atoms with van der Waals surface area (Å²) in [5.41, 5.74) is 2.30. The summed E-state index contributed by atoms with van der Waals surface area (Å²) < 4.78 is 17.3. The molecule has 2 aromatic carbocycles. The fraction of sp³-hybridized carbons (Fsp3) is 0.531. The van der Waals surface area contributed by atoms with E-state index in [4.69, 9.17) is 19.0 Å². The summed E-state index contributed by atoms with van der Waals surface area (Å²) in [6, 6.07) is 11.8. The van der Waals surface area contributed by atoms with Gasteiger partial charge in [-0.05, 0) is 80.6 Å². The third-order valence-electron chi connectivity index (χ3n) is 9.75. The van der Waals surface area contributed by atoms with Crippen molar-refractivity contribution < 1.29 is 23.6 Å². The van der Waals surface area contributed by atoms with E-state index in [0.717, 1.165) is 52.6 Å². The van der Waals surface area contributed by atoms with Crippen LogP contribution in [-0.4, -0.2) is 64.9 Å². The van der Waals surface area contributed by atoms with Crippen LogP contribution in [0.2, 0.25) is 0 Å². The van der Waals surface area contributed by atoms with E-state index in [1.54, 1.807) is 0 Å². The van der Waals surface area contributed by atoms with E-state index in [9.17, 15) is 9.59 Å². The molecule has 1 spiro atoms. The zero-order chi connectivity index (χ0) is 30.0. The summed E-state index contributed by atoms with van der Waals surface area (Å²) in [6.07, 6.45) is 4.34. The lowest BCUT2D eigenvalue weighted by Gasteiger charge is -2.32. The molecule has 2 unspecified atom stereocenters. The van der Waals surface area contributed by atoms with Crippen LogP contribution in [-0.2, 0) is 18.8 Å². The molecule has 1 aromatic heterocycles. The number of nitrogens with one attached hydrogen (secondary N) is 2.